The number of likely N-dealkylation sites (tertiary alicyclic amines) is 1. The highest BCUT2D eigenvalue weighted by Crippen LogP contribution is 2.34. The molecule has 19 heavy (non-hydrogen) atoms. The van der Waals surface area contributed by atoms with Gasteiger partial charge in [-0.2, -0.15) is 0 Å². The summed E-state index contributed by atoms with van der Waals surface area (Å²) < 4.78 is 0. The molecule has 2 fully saturated rings. The van der Waals surface area contributed by atoms with Crippen LogP contribution in [0.2, 0.25) is 0 Å². The zero-order valence-electron chi connectivity index (χ0n) is 13.3. The molecule has 0 aromatic heterocycles. The minimum Gasteiger partial charge on any atom is -0.326 e. The van der Waals surface area contributed by atoms with Crippen molar-refractivity contribution < 1.29 is 0 Å². The van der Waals surface area contributed by atoms with E-state index < -0.39 is 0 Å². The summed E-state index contributed by atoms with van der Waals surface area (Å²) in [6.45, 7) is 8.43. The Morgan fingerprint density at radius 2 is 1.89 bits per heavy atom. The van der Waals surface area contributed by atoms with Crippen molar-refractivity contribution in [2.75, 3.05) is 6.54 Å². The lowest BCUT2D eigenvalue weighted by Gasteiger charge is -2.45. The normalized spacial score (nSPS) is 38.4. The number of rotatable bonds is 3. The van der Waals surface area contributed by atoms with Gasteiger partial charge in [-0.15, -0.1) is 0 Å². The van der Waals surface area contributed by atoms with Crippen LogP contribution in [0.1, 0.15) is 72.1 Å². The lowest BCUT2D eigenvalue weighted by atomic mass is 9.76. The highest BCUT2D eigenvalue weighted by molar-refractivity contribution is 4.93. The molecule has 1 saturated heterocycles. The van der Waals surface area contributed by atoms with Crippen LogP contribution in [0.4, 0.5) is 0 Å². The maximum absolute atomic E-state index is 6.50. The van der Waals surface area contributed by atoms with Gasteiger partial charge in [0.25, 0.3) is 0 Å². The molecule has 0 aromatic carbocycles. The van der Waals surface area contributed by atoms with Gasteiger partial charge in [0.2, 0.25) is 0 Å². The van der Waals surface area contributed by atoms with E-state index in [0.717, 1.165) is 17.9 Å². The van der Waals surface area contributed by atoms with Crippen LogP contribution < -0.4 is 5.73 Å². The largest absolute Gasteiger partial charge is 0.326 e. The van der Waals surface area contributed by atoms with Crippen molar-refractivity contribution in [3.05, 3.63) is 0 Å². The lowest BCUT2D eigenvalue weighted by Crippen LogP contribution is -2.55. The summed E-state index contributed by atoms with van der Waals surface area (Å²) >= 11 is 0. The van der Waals surface area contributed by atoms with E-state index in [2.05, 4.69) is 25.7 Å². The van der Waals surface area contributed by atoms with Crippen molar-refractivity contribution in [3.63, 3.8) is 0 Å². The fourth-order valence-electron chi connectivity index (χ4n) is 4.26. The Morgan fingerprint density at radius 3 is 2.58 bits per heavy atom. The van der Waals surface area contributed by atoms with Gasteiger partial charge in [0.05, 0.1) is 0 Å². The van der Waals surface area contributed by atoms with Crippen LogP contribution in [0, 0.1) is 11.8 Å². The summed E-state index contributed by atoms with van der Waals surface area (Å²) in [7, 11) is 0. The Kier molecular flexibility index (Phi) is 5.70. The molecule has 0 radical (unpaired) electrons. The van der Waals surface area contributed by atoms with Crippen LogP contribution >= 0.6 is 0 Å². The smallest absolute Gasteiger partial charge is 0.0252 e. The van der Waals surface area contributed by atoms with Crippen LogP contribution in [0.3, 0.4) is 0 Å². The molecule has 2 N–H and O–H groups in total. The second kappa shape index (κ2) is 7.08. The van der Waals surface area contributed by atoms with Gasteiger partial charge >= 0.3 is 0 Å². The number of nitrogens with zero attached hydrogens (tertiary/aromatic N) is 1. The van der Waals surface area contributed by atoms with Gasteiger partial charge in [-0.05, 0) is 56.9 Å². The average molecular weight is 266 g/mol. The Labute approximate surface area is 120 Å². The van der Waals surface area contributed by atoms with Crippen LogP contribution in [0.15, 0.2) is 0 Å². The van der Waals surface area contributed by atoms with Crippen LogP contribution in [0.5, 0.6) is 0 Å². The average Bonchev–Trinajstić information content (AvgIpc) is 2.64. The summed E-state index contributed by atoms with van der Waals surface area (Å²) in [5, 5.41) is 0. The summed E-state index contributed by atoms with van der Waals surface area (Å²) in [5.41, 5.74) is 6.50. The minimum atomic E-state index is 0.419. The Hall–Kier alpha value is -0.0800. The number of hydrogen-bond acceptors (Lipinski definition) is 2. The summed E-state index contributed by atoms with van der Waals surface area (Å²) in [5.74, 6) is 1.72. The van der Waals surface area contributed by atoms with Crippen molar-refractivity contribution in [2.24, 2.45) is 17.6 Å². The molecule has 2 aliphatic rings. The van der Waals surface area contributed by atoms with E-state index >= 15 is 0 Å². The molecule has 0 bridgehead atoms. The molecule has 112 valence electrons. The molecule has 1 saturated carbocycles. The van der Waals surface area contributed by atoms with Crippen LogP contribution in [0.25, 0.3) is 0 Å². The van der Waals surface area contributed by atoms with Crippen molar-refractivity contribution in [1.29, 1.82) is 0 Å². The molecule has 4 atom stereocenters. The molecule has 1 aliphatic heterocycles. The van der Waals surface area contributed by atoms with Gasteiger partial charge in [-0.3, -0.25) is 4.90 Å². The molecule has 2 rings (SSSR count). The summed E-state index contributed by atoms with van der Waals surface area (Å²) in [6.07, 6.45) is 10.8. The fraction of sp³-hybridized carbons (Fsp3) is 1.00. The van der Waals surface area contributed by atoms with E-state index in [4.69, 9.17) is 5.73 Å². The third-order valence-electron chi connectivity index (χ3n) is 5.67. The second-order valence-corrected chi connectivity index (χ2v) is 7.20. The molecule has 1 heterocycles. The predicted molar refractivity (Wildman–Crippen MR) is 83.2 cm³/mol. The van der Waals surface area contributed by atoms with E-state index in [1.165, 1.54) is 57.9 Å². The molecule has 0 spiro atoms. The highest BCUT2D eigenvalue weighted by Gasteiger charge is 2.36. The maximum atomic E-state index is 6.50. The van der Waals surface area contributed by atoms with E-state index in [9.17, 15) is 0 Å². The summed E-state index contributed by atoms with van der Waals surface area (Å²) in [6, 6.07) is 1.87. The fourth-order valence-corrected chi connectivity index (χ4v) is 4.26. The zero-order chi connectivity index (χ0) is 13.8. The molecule has 2 nitrogen and oxygen atoms in total. The first-order valence-corrected chi connectivity index (χ1v) is 8.64. The monoisotopic (exact) mass is 266 g/mol. The van der Waals surface area contributed by atoms with Crippen molar-refractivity contribution in [3.8, 4) is 0 Å². The topological polar surface area (TPSA) is 29.3 Å². The third kappa shape index (κ3) is 3.72. The van der Waals surface area contributed by atoms with E-state index in [1.807, 2.05) is 0 Å². The van der Waals surface area contributed by atoms with Crippen molar-refractivity contribution >= 4 is 0 Å². The standard InChI is InChI=1S/C17H34N2/c1-4-15-8-6-5-7-11-19(15)17-12-14(13(2)3)9-10-16(17)18/h13-17H,4-12,18H2,1-3H3. The molecular formula is C17H34N2. The number of nitrogens with two attached hydrogens (primary N) is 1. The minimum absolute atomic E-state index is 0.419. The van der Waals surface area contributed by atoms with E-state index in [1.54, 1.807) is 0 Å². The number of hydrogen-bond donors (Lipinski definition) is 1. The first kappa shape index (κ1) is 15.3. The van der Waals surface area contributed by atoms with E-state index in [-0.39, 0.29) is 0 Å². The molecule has 2 heteroatoms. The van der Waals surface area contributed by atoms with E-state index in [0.29, 0.717) is 12.1 Å². The van der Waals surface area contributed by atoms with Crippen LogP contribution in [-0.4, -0.2) is 29.6 Å². The lowest BCUT2D eigenvalue weighted by molar-refractivity contribution is 0.0610. The third-order valence-corrected chi connectivity index (χ3v) is 5.67. The van der Waals surface area contributed by atoms with Gasteiger partial charge in [0.1, 0.15) is 0 Å². The predicted octanol–water partition coefficient (Wildman–Crippen LogP) is 3.79. The second-order valence-electron chi connectivity index (χ2n) is 7.20. The highest BCUT2D eigenvalue weighted by atomic mass is 15.2. The molecule has 0 aromatic rings. The zero-order valence-corrected chi connectivity index (χ0v) is 13.3. The first-order chi connectivity index (χ1) is 9.13. The molecule has 4 unspecified atom stereocenters. The van der Waals surface area contributed by atoms with Crippen molar-refractivity contribution in [1.82, 2.24) is 4.90 Å². The van der Waals surface area contributed by atoms with Gasteiger partial charge < -0.3 is 5.73 Å². The van der Waals surface area contributed by atoms with Gasteiger partial charge in [0.15, 0.2) is 0 Å². The molecule has 0 amide bonds. The quantitative estimate of drug-likeness (QED) is 0.842. The summed E-state index contributed by atoms with van der Waals surface area (Å²) in [4.78, 5) is 2.81. The van der Waals surface area contributed by atoms with Gasteiger partial charge in [-0.1, -0.05) is 33.6 Å². The SMILES string of the molecule is CCC1CCCCCN1C1CC(C(C)C)CCC1N. The Bertz CT molecular complexity index is 264. The maximum Gasteiger partial charge on any atom is 0.0252 e. The molecular weight excluding hydrogens is 232 g/mol. The Balaban J connectivity index is 2.06. The van der Waals surface area contributed by atoms with Gasteiger partial charge in [0, 0.05) is 18.1 Å². The van der Waals surface area contributed by atoms with Crippen LogP contribution in [-0.2, 0) is 0 Å². The van der Waals surface area contributed by atoms with Gasteiger partial charge in [-0.25, -0.2) is 0 Å². The molecule has 1 aliphatic carbocycles. The van der Waals surface area contributed by atoms with Crippen molar-refractivity contribution in [2.45, 2.75) is 90.3 Å². The Morgan fingerprint density at radius 1 is 1.11 bits per heavy atom. The first-order valence-electron chi connectivity index (χ1n) is 8.64.